The minimum absolute atomic E-state index is 0.0278. The third kappa shape index (κ3) is 4.69. The van der Waals surface area contributed by atoms with Gasteiger partial charge in [0.25, 0.3) is 5.69 Å². The Morgan fingerprint density at radius 3 is 2.91 bits per heavy atom. The highest BCUT2D eigenvalue weighted by Gasteiger charge is 2.14. The molecule has 0 bridgehead atoms. The SMILES string of the molecule is N#Cc1ccc([N+](=O)[O-])cc1NCCCOC1CCOCC1. The number of hydrogen-bond donors (Lipinski definition) is 1. The van der Waals surface area contributed by atoms with Gasteiger partial charge in [0, 0.05) is 38.5 Å². The van der Waals surface area contributed by atoms with Gasteiger partial charge in [-0.05, 0) is 25.3 Å². The third-order valence-electron chi connectivity index (χ3n) is 3.49. The summed E-state index contributed by atoms with van der Waals surface area (Å²) in [5.74, 6) is 0. The van der Waals surface area contributed by atoms with Gasteiger partial charge in [-0.25, -0.2) is 0 Å². The number of non-ortho nitro benzene ring substituents is 1. The zero-order valence-corrected chi connectivity index (χ0v) is 12.3. The molecule has 1 N–H and O–H groups in total. The maximum atomic E-state index is 10.8. The Bertz CT molecular complexity index is 550. The molecule has 2 rings (SSSR count). The molecule has 7 nitrogen and oxygen atoms in total. The number of nitriles is 1. The smallest absolute Gasteiger partial charge is 0.271 e. The van der Waals surface area contributed by atoms with Gasteiger partial charge >= 0.3 is 0 Å². The molecule has 1 heterocycles. The average molecular weight is 305 g/mol. The predicted molar refractivity (Wildman–Crippen MR) is 80.7 cm³/mol. The van der Waals surface area contributed by atoms with Crippen LogP contribution in [0.3, 0.4) is 0 Å². The molecule has 0 atom stereocenters. The molecule has 1 aromatic carbocycles. The Morgan fingerprint density at radius 1 is 1.45 bits per heavy atom. The van der Waals surface area contributed by atoms with Crippen LogP contribution < -0.4 is 5.32 Å². The predicted octanol–water partition coefficient (Wildman–Crippen LogP) is 2.46. The molecule has 118 valence electrons. The molecule has 1 saturated heterocycles. The number of benzene rings is 1. The van der Waals surface area contributed by atoms with Gasteiger partial charge in [-0.15, -0.1) is 0 Å². The Hall–Kier alpha value is -2.17. The van der Waals surface area contributed by atoms with Crippen LogP contribution in [0.15, 0.2) is 18.2 Å². The van der Waals surface area contributed by atoms with E-state index < -0.39 is 4.92 Å². The molecule has 0 radical (unpaired) electrons. The summed E-state index contributed by atoms with van der Waals surface area (Å²) >= 11 is 0. The second-order valence-corrected chi connectivity index (χ2v) is 5.06. The Labute approximate surface area is 129 Å². The highest BCUT2D eigenvalue weighted by atomic mass is 16.6. The fourth-order valence-electron chi connectivity index (χ4n) is 2.28. The van der Waals surface area contributed by atoms with Crippen molar-refractivity contribution in [2.75, 3.05) is 31.7 Å². The number of nitro groups is 1. The van der Waals surface area contributed by atoms with E-state index >= 15 is 0 Å². The summed E-state index contributed by atoms with van der Waals surface area (Å²) in [6.07, 6.45) is 2.89. The van der Waals surface area contributed by atoms with Gasteiger partial charge in [-0.2, -0.15) is 5.26 Å². The van der Waals surface area contributed by atoms with Gasteiger partial charge in [0.1, 0.15) is 6.07 Å². The maximum absolute atomic E-state index is 10.8. The van der Waals surface area contributed by atoms with Crippen LogP contribution >= 0.6 is 0 Å². The van der Waals surface area contributed by atoms with Crippen LogP contribution in [0.25, 0.3) is 0 Å². The average Bonchev–Trinajstić information content (AvgIpc) is 2.55. The van der Waals surface area contributed by atoms with Crippen LogP contribution in [0.2, 0.25) is 0 Å². The lowest BCUT2D eigenvalue weighted by atomic mass is 10.1. The highest BCUT2D eigenvalue weighted by molar-refractivity contribution is 5.62. The van der Waals surface area contributed by atoms with E-state index in [0.717, 1.165) is 32.5 Å². The van der Waals surface area contributed by atoms with E-state index in [4.69, 9.17) is 14.7 Å². The summed E-state index contributed by atoms with van der Waals surface area (Å²) in [5, 5.41) is 22.9. The number of hydrogen-bond acceptors (Lipinski definition) is 6. The van der Waals surface area contributed by atoms with Crippen molar-refractivity contribution in [3.05, 3.63) is 33.9 Å². The Balaban J connectivity index is 1.77. The number of ether oxygens (including phenoxy) is 2. The molecule has 0 aromatic heterocycles. The van der Waals surface area contributed by atoms with E-state index in [1.165, 1.54) is 18.2 Å². The summed E-state index contributed by atoms with van der Waals surface area (Å²) in [4.78, 5) is 10.3. The van der Waals surface area contributed by atoms with Crippen LogP contribution in [0.5, 0.6) is 0 Å². The molecular weight excluding hydrogens is 286 g/mol. The van der Waals surface area contributed by atoms with Gasteiger partial charge < -0.3 is 14.8 Å². The highest BCUT2D eigenvalue weighted by Crippen LogP contribution is 2.22. The third-order valence-corrected chi connectivity index (χ3v) is 3.49. The minimum atomic E-state index is -0.472. The fourth-order valence-corrected chi connectivity index (χ4v) is 2.28. The number of rotatable bonds is 7. The molecule has 1 fully saturated rings. The summed E-state index contributed by atoms with van der Waals surface area (Å²) in [6, 6.07) is 6.20. The molecule has 0 amide bonds. The molecular formula is C15H19N3O4. The molecule has 22 heavy (non-hydrogen) atoms. The quantitative estimate of drug-likeness (QED) is 0.472. The first-order valence-corrected chi connectivity index (χ1v) is 7.32. The second-order valence-electron chi connectivity index (χ2n) is 5.06. The van der Waals surface area contributed by atoms with E-state index in [1.54, 1.807) is 0 Å². The maximum Gasteiger partial charge on any atom is 0.271 e. The van der Waals surface area contributed by atoms with Crippen LogP contribution in [-0.2, 0) is 9.47 Å². The molecule has 0 saturated carbocycles. The van der Waals surface area contributed by atoms with E-state index in [9.17, 15) is 10.1 Å². The molecule has 1 aliphatic rings. The van der Waals surface area contributed by atoms with Crippen LogP contribution in [0, 0.1) is 21.4 Å². The Morgan fingerprint density at radius 2 is 2.23 bits per heavy atom. The van der Waals surface area contributed by atoms with Crippen molar-refractivity contribution in [1.29, 1.82) is 5.26 Å². The number of nitrogens with one attached hydrogen (secondary N) is 1. The fraction of sp³-hybridized carbons (Fsp3) is 0.533. The molecule has 0 spiro atoms. The second kappa shape index (κ2) is 8.32. The van der Waals surface area contributed by atoms with E-state index in [0.29, 0.717) is 24.4 Å². The number of nitrogens with zero attached hydrogens (tertiary/aromatic N) is 2. The van der Waals surface area contributed by atoms with Crippen molar-refractivity contribution in [3.8, 4) is 6.07 Å². The zero-order valence-electron chi connectivity index (χ0n) is 12.3. The van der Waals surface area contributed by atoms with Crippen molar-refractivity contribution in [3.63, 3.8) is 0 Å². The summed E-state index contributed by atoms with van der Waals surface area (Å²) in [5.41, 5.74) is 0.860. The zero-order chi connectivity index (χ0) is 15.8. The van der Waals surface area contributed by atoms with Crippen molar-refractivity contribution in [2.24, 2.45) is 0 Å². The van der Waals surface area contributed by atoms with Gasteiger partial charge in [0.05, 0.1) is 22.3 Å². The van der Waals surface area contributed by atoms with E-state index in [2.05, 4.69) is 5.32 Å². The summed E-state index contributed by atoms with van der Waals surface area (Å²) < 4.78 is 11.0. The van der Waals surface area contributed by atoms with E-state index in [1.807, 2.05) is 6.07 Å². The largest absolute Gasteiger partial charge is 0.384 e. The molecule has 1 aliphatic heterocycles. The topological polar surface area (TPSA) is 97.4 Å². The van der Waals surface area contributed by atoms with Crippen LogP contribution in [0.1, 0.15) is 24.8 Å². The van der Waals surface area contributed by atoms with Crippen LogP contribution in [-0.4, -0.2) is 37.4 Å². The summed E-state index contributed by atoms with van der Waals surface area (Å²) in [6.45, 7) is 2.72. The molecule has 1 aromatic rings. The van der Waals surface area contributed by atoms with Crippen molar-refractivity contribution < 1.29 is 14.4 Å². The van der Waals surface area contributed by atoms with Crippen molar-refractivity contribution in [2.45, 2.75) is 25.4 Å². The first kappa shape index (κ1) is 16.2. The van der Waals surface area contributed by atoms with Gasteiger partial charge in [-0.1, -0.05) is 0 Å². The molecule has 0 unspecified atom stereocenters. The molecule has 0 aliphatic carbocycles. The summed E-state index contributed by atoms with van der Waals surface area (Å²) in [7, 11) is 0. The van der Waals surface area contributed by atoms with Crippen LogP contribution in [0.4, 0.5) is 11.4 Å². The lowest BCUT2D eigenvalue weighted by Crippen LogP contribution is -2.24. The number of anilines is 1. The minimum Gasteiger partial charge on any atom is -0.384 e. The lowest BCUT2D eigenvalue weighted by molar-refractivity contribution is -0.384. The first-order chi connectivity index (χ1) is 10.7. The van der Waals surface area contributed by atoms with Gasteiger partial charge in [0.2, 0.25) is 0 Å². The van der Waals surface area contributed by atoms with Gasteiger partial charge in [-0.3, -0.25) is 10.1 Å². The van der Waals surface area contributed by atoms with Crippen molar-refractivity contribution >= 4 is 11.4 Å². The Kier molecular flexibility index (Phi) is 6.13. The normalized spacial score (nSPS) is 15.2. The van der Waals surface area contributed by atoms with Gasteiger partial charge in [0.15, 0.2) is 0 Å². The molecule has 7 heteroatoms. The first-order valence-electron chi connectivity index (χ1n) is 7.32. The van der Waals surface area contributed by atoms with Crippen molar-refractivity contribution in [1.82, 2.24) is 0 Å². The standard InChI is InChI=1S/C15H19N3O4/c16-11-12-2-3-13(18(19)20)10-15(12)17-6-1-7-22-14-4-8-21-9-5-14/h2-3,10,14,17H,1,4-9H2. The monoisotopic (exact) mass is 305 g/mol. The number of nitro benzene ring substituents is 1. The lowest BCUT2D eigenvalue weighted by Gasteiger charge is -2.22. The van der Waals surface area contributed by atoms with E-state index in [-0.39, 0.29) is 11.8 Å².